The molecule has 0 radical (unpaired) electrons. The molecule has 0 bridgehead atoms. The summed E-state index contributed by atoms with van der Waals surface area (Å²) in [7, 11) is 0. The zero-order valence-corrected chi connectivity index (χ0v) is 24.7. The van der Waals surface area contributed by atoms with E-state index in [2.05, 4.69) is 90.3 Å². The third kappa shape index (κ3) is 6.86. The second kappa shape index (κ2) is 10.3. The van der Waals surface area contributed by atoms with E-state index in [1.165, 1.54) is 0 Å². The molecular formula is C32H52N2O2. The quantitative estimate of drug-likeness (QED) is 0.410. The van der Waals surface area contributed by atoms with Crippen molar-refractivity contribution >= 4 is 11.6 Å². The average Bonchev–Trinajstić information content (AvgIpc) is 2.70. The summed E-state index contributed by atoms with van der Waals surface area (Å²) in [5.74, 6) is 1.06. The normalized spacial score (nSPS) is 25.2. The number of nitrogens with one attached hydrogen (secondary N) is 2. The Morgan fingerprint density at radius 3 is 1.11 bits per heavy atom. The Morgan fingerprint density at radius 2 is 0.889 bits per heavy atom. The predicted molar refractivity (Wildman–Crippen MR) is 151 cm³/mol. The van der Waals surface area contributed by atoms with Crippen molar-refractivity contribution in [2.75, 3.05) is 0 Å². The zero-order chi connectivity index (χ0) is 27.1. The van der Waals surface area contributed by atoms with Gasteiger partial charge in [0.15, 0.2) is 0 Å². The van der Waals surface area contributed by atoms with Gasteiger partial charge in [0.1, 0.15) is 11.6 Å². The number of carbonyl (C=O) groups excluding carboxylic acids is 2. The van der Waals surface area contributed by atoms with Crippen LogP contribution >= 0.6 is 0 Å². The van der Waals surface area contributed by atoms with Crippen molar-refractivity contribution in [3.05, 3.63) is 35.4 Å². The molecule has 0 aromatic heterocycles. The first-order valence-electron chi connectivity index (χ1n) is 14.2. The van der Waals surface area contributed by atoms with Crippen molar-refractivity contribution in [3.8, 4) is 0 Å². The van der Waals surface area contributed by atoms with E-state index in [1.54, 1.807) is 0 Å². The van der Waals surface area contributed by atoms with Gasteiger partial charge in [0.25, 0.3) is 0 Å². The molecule has 2 unspecified atom stereocenters. The third-order valence-electron chi connectivity index (χ3n) is 8.43. The van der Waals surface area contributed by atoms with E-state index < -0.39 is 0 Å². The minimum atomic E-state index is -0.0956. The lowest BCUT2D eigenvalue weighted by Crippen LogP contribution is -2.59. The lowest BCUT2D eigenvalue weighted by molar-refractivity contribution is -0.123. The van der Waals surface area contributed by atoms with Crippen LogP contribution < -0.4 is 10.6 Å². The highest BCUT2D eigenvalue weighted by molar-refractivity contribution is 5.87. The highest BCUT2D eigenvalue weighted by Crippen LogP contribution is 2.44. The molecule has 2 aliphatic heterocycles. The fraction of sp³-hybridized carbons (Fsp3) is 0.750. The van der Waals surface area contributed by atoms with Crippen LogP contribution in [0.2, 0.25) is 0 Å². The summed E-state index contributed by atoms with van der Waals surface area (Å²) in [6, 6.07) is 8.62. The van der Waals surface area contributed by atoms with Crippen molar-refractivity contribution in [2.24, 2.45) is 11.8 Å². The van der Waals surface area contributed by atoms with E-state index in [1.807, 2.05) is 13.8 Å². The highest BCUT2D eigenvalue weighted by atomic mass is 16.1. The highest BCUT2D eigenvalue weighted by Gasteiger charge is 2.44. The molecule has 36 heavy (non-hydrogen) atoms. The van der Waals surface area contributed by atoms with E-state index >= 15 is 0 Å². The lowest BCUT2D eigenvalue weighted by atomic mass is 9.66. The van der Waals surface area contributed by atoms with E-state index in [4.69, 9.17) is 0 Å². The van der Waals surface area contributed by atoms with E-state index in [-0.39, 0.29) is 34.0 Å². The van der Waals surface area contributed by atoms with Crippen LogP contribution in [0.3, 0.4) is 0 Å². The summed E-state index contributed by atoms with van der Waals surface area (Å²) in [5.41, 5.74) is 2.19. The largest absolute Gasteiger partial charge is 0.307 e. The molecule has 0 saturated carbocycles. The molecule has 0 spiro atoms. The number of rotatable bonds is 8. The Labute approximate surface area is 220 Å². The van der Waals surface area contributed by atoms with Gasteiger partial charge in [-0.25, -0.2) is 0 Å². The monoisotopic (exact) mass is 496 g/mol. The van der Waals surface area contributed by atoms with Crippen LogP contribution in [0.4, 0.5) is 0 Å². The Balaban J connectivity index is 1.95. The first-order valence-corrected chi connectivity index (χ1v) is 14.2. The second-order valence-electron chi connectivity index (χ2n) is 14.4. The van der Waals surface area contributed by atoms with Gasteiger partial charge in [0.05, 0.1) is 0 Å². The fourth-order valence-electron chi connectivity index (χ4n) is 8.07. The number of piperidine rings is 2. The first kappa shape index (κ1) is 29.0. The van der Waals surface area contributed by atoms with Crippen LogP contribution in [0.25, 0.3) is 0 Å². The van der Waals surface area contributed by atoms with Gasteiger partial charge in [-0.1, -0.05) is 38.1 Å². The first-order chi connectivity index (χ1) is 16.5. The van der Waals surface area contributed by atoms with E-state index in [0.717, 1.165) is 36.8 Å². The van der Waals surface area contributed by atoms with Crippen LogP contribution in [0, 0.1) is 11.8 Å². The van der Waals surface area contributed by atoms with Crippen LogP contribution in [0.1, 0.15) is 131 Å². The van der Waals surface area contributed by atoms with Gasteiger partial charge in [0.2, 0.25) is 0 Å². The Hall–Kier alpha value is -1.52. The summed E-state index contributed by atoms with van der Waals surface area (Å²) in [6.45, 7) is 22.0. The minimum absolute atomic E-state index is 0.00804. The lowest BCUT2D eigenvalue weighted by Gasteiger charge is -2.49. The summed E-state index contributed by atoms with van der Waals surface area (Å²) in [4.78, 5) is 26.6. The second-order valence-corrected chi connectivity index (χ2v) is 14.4. The molecule has 2 N–H and O–H groups in total. The molecule has 4 heteroatoms. The summed E-state index contributed by atoms with van der Waals surface area (Å²) in [6.07, 6.45) is 5.01. The summed E-state index contributed by atoms with van der Waals surface area (Å²) >= 11 is 0. The van der Waals surface area contributed by atoms with Crippen LogP contribution in [0.15, 0.2) is 24.3 Å². The Morgan fingerprint density at radius 1 is 0.639 bits per heavy atom. The minimum Gasteiger partial charge on any atom is -0.307 e. The molecule has 4 nitrogen and oxygen atoms in total. The molecule has 2 atom stereocenters. The number of ketones is 2. The summed E-state index contributed by atoms with van der Waals surface area (Å²) < 4.78 is 0. The number of Topliss-reactive ketones (excluding diaryl/α,β-unsaturated/α-hetero) is 2. The maximum absolute atomic E-state index is 13.3. The fourth-order valence-corrected chi connectivity index (χ4v) is 8.07. The maximum Gasteiger partial charge on any atom is 0.140 e. The number of carbonyl (C=O) groups is 2. The zero-order valence-electron chi connectivity index (χ0n) is 24.7. The van der Waals surface area contributed by atoms with Crippen LogP contribution in [0.5, 0.6) is 0 Å². The van der Waals surface area contributed by atoms with Crippen LogP contribution in [-0.2, 0) is 9.59 Å². The molecular weight excluding hydrogens is 444 g/mol. The topological polar surface area (TPSA) is 58.2 Å². The Kier molecular flexibility index (Phi) is 8.33. The molecule has 2 saturated heterocycles. The molecule has 1 aromatic rings. The number of benzene rings is 1. The van der Waals surface area contributed by atoms with E-state index in [9.17, 15) is 9.59 Å². The third-order valence-corrected chi connectivity index (χ3v) is 8.43. The van der Waals surface area contributed by atoms with Gasteiger partial charge >= 0.3 is 0 Å². The van der Waals surface area contributed by atoms with Crippen molar-refractivity contribution in [1.82, 2.24) is 10.6 Å². The molecule has 2 heterocycles. The smallest absolute Gasteiger partial charge is 0.140 e. The number of hydrogen-bond donors (Lipinski definition) is 2. The Bertz CT molecular complexity index is 832. The van der Waals surface area contributed by atoms with Crippen molar-refractivity contribution in [1.29, 1.82) is 0 Å². The van der Waals surface area contributed by atoms with Gasteiger partial charge in [0, 0.05) is 46.8 Å². The van der Waals surface area contributed by atoms with Crippen molar-refractivity contribution in [2.45, 2.75) is 142 Å². The predicted octanol–water partition coefficient (Wildman–Crippen LogP) is 6.93. The van der Waals surface area contributed by atoms with Gasteiger partial charge in [-0.3, -0.25) is 9.59 Å². The van der Waals surface area contributed by atoms with Crippen molar-refractivity contribution in [3.63, 3.8) is 0 Å². The average molecular weight is 497 g/mol. The van der Waals surface area contributed by atoms with Crippen molar-refractivity contribution < 1.29 is 9.59 Å². The molecule has 202 valence electrons. The number of hydrogen-bond acceptors (Lipinski definition) is 4. The van der Waals surface area contributed by atoms with Gasteiger partial charge in [-0.15, -0.1) is 0 Å². The van der Waals surface area contributed by atoms with Gasteiger partial charge in [-0.05, 0) is 104 Å². The van der Waals surface area contributed by atoms with Crippen LogP contribution in [-0.4, -0.2) is 33.7 Å². The summed E-state index contributed by atoms with van der Waals surface area (Å²) in [5, 5.41) is 7.53. The van der Waals surface area contributed by atoms with Gasteiger partial charge < -0.3 is 10.6 Å². The van der Waals surface area contributed by atoms with E-state index in [0.29, 0.717) is 36.2 Å². The molecule has 0 aliphatic carbocycles. The molecule has 2 aliphatic rings. The molecule has 0 amide bonds. The standard InChI is InChI=1S/C32H52N2O2/c1-11-25(35)27(23-17-29(3,4)33-30(5,6)18-23)21-13-15-22(16-14-21)28(26(36)12-2)24-19-31(7,8)34-32(9,10)20-24/h13-16,23-24,27-28,33-34H,11-12,17-20H2,1-10H3. The SMILES string of the molecule is CCC(=O)C(c1ccc(C(C(=O)CC)C2CC(C)(C)NC(C)(C)C2)cc1)C1CC(C)(C)NC(C)(C)C1. The maximum atomic E-state index is 13.3. The molecule has 2 fully saturated rings. The molecule has 1 aromatic carbocycles. The van der Waals surface area contributed by atoms with Gasteiger partial charge in [-0.2, -0.15) is 0 Å². The molecule has 3 rings (SSSR count).